The van der Waals surface area contributed by atoms with Crippen molar-refractivity contribution in [2.45, 2.75) is 25.3 Å². The summed E-state index contributed by atoms with van der Waals surface area (Å²) in [5.74, 6) is -3.31. The number of halogens is 1. The summed E-state index contributed by atoms with van der Waals surface area (Å²) in [5, 5.41) is 13.9. The molecule has 1 atom stereocenters. The molecule has 4 rings (SSSR count). The largest absolute Gasteiger partial charge is 0.478 e. The molecule has 174 valence electrons. The first-order valence-electron chi connectivity index (χ1n) is 10.8. The zero-order valence-electron chi connectivity index (χ0n) is 18.4. The van der Waals surface area contributed by atoms with Crippen molar-refractivity contribution in [3.05, 3.63) is 89.2 Å². The van der Waals surface area contributed by atoms with Crippen LogP contribution in [0.1, 0.15) is 40.7 Å². The number of ether oxygens (including phenoxy) is 1. The van der Waals surface area contributed by atoms with Crippen molar-refractivity contribution in [2.75, 3.05) is 11.9 Å². The molecule has 0 aliphatic heterocycles. The predicted molar refractivity (Wildman–Crippen MR) is 124 cm³/mol. The number of carboxylic acid groups (broad SMARTS) is 1. The summed E-state index contributed by atoms with van der Waals surface area (Å²) < 4.78 is 19.8. The molecule has 0 aromatic heterocycles. The number of hydrogen-bond acceptors (Lipinski definition) is 4. The Morgan fingerprint density at radius 2 is 1.59 bits per heavy atom. The van der Waals surface area contributed by atoms with Crippen molar-refractivity contribution in [2.24, 2.45) is 0 Å². The molecule has 8 heteroatoms. The number of alkyl carbamates (subject to hydrolysis) is 1. The molecule has 2 amide bonds. The highest BCUT2D eigenvalue weighted by Crippen LogP contribution is 2.44. The van der Waals surface area contributed by atoms with E-state index in [1.54, 1.807) is 6.92 Å². The highest BCUT2D eigenvalue weighted by atomic mass is 19.1. The number of aromatic carboxylic acids is 1. The molecule has 0 unspecified atom stereocenters. The van der Waals surface area contributed by atoms with Gasteiger partial charge < -0.3 is 20.5 Å². The smallest absolute Gasteiger partial charge is 0.407 e. The van der Waals surface area contributed by atoms with Crippen LogP contribution >= 0.6 is 0 Å². The van der Waals surface area contributed by atoms with Gasteiger partial charge in [-0.3, -0.25) is 4.79 Å². The van der Waals surface area contributed by atoms with Gasteiger partial charge in [-0.2, -0.15) is 0 Å². The van der Waals surface area contributed by atoms with Crippen molar-refractivity contribution in [1.82, 2.24) is 5.32 Å². The Bertz CT molecular complexity index is 1210. The summed E-state index contributed by atoms with van der Waals surface area (Å²) in [4.78, 5) is 36.2. The van der Waals surface area contributed by atoms with Gasteiger partial charge in [-0.05, 0) is 40.8 Å². The van der Waals surface area contributed by atoms with Gasteiger partial charge in [0, 0.05) is 5.92 Å². The van der Waals surface area contributed by atoms with Gasteiger partial charge in [0.15, 0.2) is 5.82 Å². The molecule has 0 radical (unpaired) electrons. The fourth-order valence-electron chi connectivity index (χ4n) is 4.15. The highest BCUT2D eigenvalue weighted by molar-refractivity contribution is 5.98. The lowest BCUT2D eigenvalue weighted by Gasteiger charge is -2.19. The van der Waals surface area contributed by atoms with E-state index < -0.39 is 35.4 Å². The molecule has 3 aromatic carbocycles. The first kappa shape index (κ1) is 23.0. The number of hydrogen-bond donors (Lipinski definition) is 3. The van der Waals surface area contributed by atoms with Crippen LogP contribution in [0.15, 0.2) is 66.7 Å². The summed E-state index contributed by atoms with van der Waals surface area (Å²) in [6.07, 6.45) is -0.556. The van der Waals surface area contributed by atoms with Crippen LogP contribution in [0.25, 0.3) is 11.1 Å². The van der Waals surface area contributed by atoms with Crippen molar-refractivity contribution >= 4 is 23.7 Å². The predicted octanol–water partition coefficient (Wildman–Crippen LogP) is 4.78. The molecule has 0 saturated heterocycles. The molecular formula is C26H23FN2O5. The van der Waals surface area contributed by atoms with Crippen LogP contribution in [0.2, 0.25) is 0 Å². The third-order valence-electron chi connectivity index (χ3n) is 5.85. The van der Waals surface area contributed by atoms with E-state index in [1.807, 2.05) is 48.5 Å². The van der Waals surface area contributed by atoms with Gasteiger partial charge in [-0.1, -0.05) is 61.5 Å². The maximum atomic E-state index is 14.3. The summed E-state index contributed by atoms with van der Waals surface area (Å²) in [6.45, 7) is 1.77. The molecular weight excluding hydrogens is 439 g/mol. The quantitative estimate of drug-likeness (QED) is 0.469. The van der Waals surface area contributed by atoms with E-state index in [-0.39, 0.29) is 24.6 Å². The van der Waals surface area contributed by atoms with Gasteiger partial charge in [-0.25, -0.2) is 14.0 Å². The fraction of sp³-hybridized carbons (Fsp3) is 0.192. The van der Waals surface area contributed by atoms with Gasteiger partial charge in [-0.15, -0.1) is 0 Å². The molecule has 0 heterocycles. The second kappa shape index (κ2) is 9.74. The summed E-state index contributed by atoms with van der Waals surface area (Å²) >= 11 is 0. The minimum Gasteiger partial charge on any atom is -0.478 e. The molecule has 34 heavy (non-hydrogen) atoms. The van der Waals surface area contributed by atoms with E-state index >= 15 is 0 Å². The maximum Gasteiger partial charge on any atom is 0.407 e. The summed E-state index contributed by atoms with van der Waals surface area (Å²) in [7, 11) is 0. The number of amides is 2. The minimum atomic E-state index is -1.45. The summed E-state index contributed by atoms with van der Waals surface area (Å²) in [6, 6.07) is 18.5. The molecule has 0 saturated carbocycles. The van der Waals surface area contributed by atoms with Crippen LogP contribution in [-0.2, 0) is 9.53 Å². The lowest BCUT2D eigenvalue weighted by Crippen LogP contribution is -2.44. The Labute approximate surface area is 195 Å². The van der Waals surface area contributed by atoms with E-state index in [0.29, 0.717) is 0 Å². The average Bonchev–Trinajstić information content (AvgIpc) is 3.16. The fourth-order valence-corrected chi connectivity index (χ4v) is 4.15. The van der Waals surface area contributed by atoms with Gasteiger partial charge in [0.25, 0.3) is 0 Å². The van der Waals surface area contributed by atoms with Crippen LogP contribution in [0.4, 0.5) is 14.9 Å². The Morgan fingerprint density at radius 1 is 0.971 bits per heavy atom. The van der Waals surface area contributed by atoms with E-state index in [4.69, 9.17) is 9.84 Å². The number of benzene rings is 3. The molecule has 0 fully saturated rings. The lowest BCUT2D eigenvalue weighted by atomic mass is 9.98. The van der Waals surface area contributed by atoms with E-state index in [0.717, 1.165) is 28.3 Å². The van der Waals surface area contributed by atoms with E-state index in [9.17, 15) is 18.8 Å². The first-order valence-corrected chi connectivity index (χ1v) is 10.8. The van der Waals surface area contributed by atoms with E-state index in [1.165, 1.54) is 12.1 Å². The number of carbonyl (C=O) groups is 3. The lowest BCUT2D eigenvalue weighted by molar-refractivity contribution is -0.118. The van der Waals surface area contributed by atoms with Gasteiger partial charge >= 0.3 is 12.1 Å². The van der Waals surface area contributed by atoms with E-state index in [2.05, 4.69) is 10.6 Å². The first-order chi connectivity index (χ1) is 16.4. The number of rotatable bonds is 7. The highest BCUT2D eigenvalue weighted by Gasteiger charge is 2.29. The molecule has 3 aromatic rings. The molecule has 0 bridgehead atoms. The number of carbonyl (C=O) groups excluding carboxylic acids is 2. The minimum absolute atomic E-state index is 0.0905. The summed E-state index contributed by atoms with van der Waals surface area (Å²) in [5.41, 5.74) is 3.49. The Morgan fingerprint density at radius 3 is 2.18 bits per heavy atom. The Kier molecular flexibility index (Phi) is 6.58. The zero-order chi connectivity index (χ0) is 24.2. The van der Waals surface area contributed by atoms with Crippen molar-refractivity contribution in [1.29, 1.82) is 0 Å². The standard InChI is InChI=1S/C26H23FN2O5/c1-2-21(24(30)28-22-13-7-12-19(23(22)27)25(31)32)29-26(33)34-14-20-17-10-5-3-8-15(17)16-9-4-6-11-18(16)20/h3-13,20-21H,2,14H2,1H3,(H,28,30)(H,29,33)(H,31,32)/t21-/m0/s1. The average molecular weight is 462 g/mol. The zero-order valence-corrected chi connectivity index (χ0v) is 18.4. The van der Waals surface area contributed by atoms with Gasteiger partial charge in [0.2, 0.25) is 5.91 Å². The normalized spacial score (nSPS) is 12.9. The molecule has 3 N–H and O–H groups in total. The van der Waals surface area contributed by atoms with Crippen LogP contribution in [0.5, 0.6) is 0 Å². The third-order valence-corrected chi connectivity index (χ3v) is 5.85. The van der Waals surface area contributed by atoms with Gasteiger partial charge in [0.1, 0.15) is 12.6 Å². The van der Waals surface area contributed by atoms with Crippen LogP contribution in [0.3, 0.4) is 0 Å². The number of anilines is 1. The maximum absolute atomic E-state index is 14.3. The van der Waals surface area contributed by atoms with Gasteiger partial charge in [0.05, 0.1) is 11.3 Å². The second-order valence-electron chi connectivity index (χ2n) is 7.89. The Balaban J connectivity index is 1.40. The number of fused-ring (bicyclic) bond motifs is 3. The molecule has 7 nitrogen and oxygen atoms in total. The second-order valence-corrected chi connectivity index (χ2v) is 7.89. The monoisotopic (exact) mass is 462 g/mol. The van der Waals surface area contributed by atoms with Crippen molar-refractivity contribution in [3.63, 3.8) is 0 Å². The number of carboxylic acids is 1. The SMILES string of the molecule is CC[C@H](NC(=O)OCC1c2ccccc2-c2ccccc21)C(=O)Nc1cccc(C(=O)O)c1F. The third kappa shape index (κ3) is 4.47. The van der Waals surface area contributed by atoms with Crippen LogP contribution < -0.4 is 10.6 Å². The Hall–Kier alpha value is -4.20. The topological polar surface area (TPSA) is 105 Å². The molecule has 1 aliphatic carbocycles. The number of nitrogens with one attached hydrogen (secondary N) is 2. The molecule has 1 aliphatic rings. The van der Waals surface area contributed by atoms with Crippen molar-refractivity contribution < 1.29 is 28.6 Å². The van der Waals surface area contributed by atoms with Crippen LogP contribution in [-0.4, -0.2) is 35.7 Å². The van der Waals surface area contributed by atoms with Crippen molar-refractivity contribution in [3.8, 4) is 11.1 Å². The van der Waals surface area contributed by atoms with Crippen LogP contribution in [0, 0.1) is 5.82 Å². The molecule has 0 spiro atoms.